The Balaban J connectivity index is 1.54. The molecule has 0 saturated heterocycles. The summed E-state index contributed by atoms with van der Waals surface area (Å²) in [6.07, 6.45) is 4.22. The third-order valence-corrected chi connectivity index (χ3v) is 7.70. The normalized spacial score (nSPS) is 14.7. The lowest BCUT2D eigenvalue weighted by molar-refractivity contribution is 0.190. The number of nitrogens with zero attached hydrogens (tertiary/aromatic N) is 5. The lowest BCUT2D eigenvalue weighted by Crippen LogP contribution is -2.35. The average molecular weight is 539 g/mol. The van der Waals surface area contributed by atoms with Crippen LogP contribution in [0.25, 0.3) is 10.9 Å². The highest BCUT2D eigenvalue weighted by molar-refractivity contribution is 5.80. The minimum atomic E-state index is -0.569. The molecule has 1 atom stereocenters. The highest BCUT2D eigenvalue weighted by Crippen LogP contribution is 2.35. The molecule has 1 aliphatic rings. The van der Waals surface area contributed by atoms with Crippen LogP contribution in [-0.2, 0) is 13.1 Å². The van der Waals surface area contributed by atoms with Gasteiger partial charge in [-0.1, -0.05) is 55.3 Å². The summed E-state index contributed by atoms with van der Waals surface area (Å²) in [6.45, 7) is 0.975. The number of H-pyrrole nitrogens is 1. The molecule has 204 valence electrons. The lowest BCUT2D eigenvalue weighted by Gasteiger charge is -2.32. The van der Waals surface area contributed by atoms with E-state index >= 15 is 0 Å². The monoisotopic (exact) mass is 538 g/mol. The molecular weight excluding hydrogens is 507 g/mol. The molecule has 40 heavy (non-hydrogen) atoms. The smallest absolute Gasteiger partial charge is 0.253 e. The maximum atomic E-state index is 13.8. The van der Waals surface area contributed by atoms with E-state index in [0.29, 0.717) is 30.2 Å². The molecule has 1 unspecified atom stereocenters. The number of benzene rings is 3. The van der Waals surface area contributed by atoms with E-state index in [1.54, 1.807) is 19.2 Å². The van der Waals surface area contributed by atoms with E-state index in [4.69, 9.17) is 4.74 Å². The van der Waals surface area contributed by atoms with Gasteiger partial charge in [-0.3, -0.25) is 9.69 Å². The molecule has 6 rings (SSSR count). The van der Waals surface area contributed by atoms with Crippen LogP contribution in [0.5, 0.6) is 5.75 Å². The molecule has 3 aromatic carbocycles. The molecule has 0 radical (unpaired) electrons. The summed E-state index contributed by atoms with van der Waals surface area (Å²) in [6, 6.07) is 23.7. The highest BCUT2D eigenvalue weighted by atomic mass is 19.1. The minimum Gasteiger partial charge on any atom is -0.497 e. The number of halogens is 1. The molecule has 9 heteroatoms. The van der Waals surface area contributed by atoms with Crippen LogP contribution >= 0.6 is 0 Å². The summed E-state index contributed by atoms with van der Waals surface area (Å²) in [5, 5.41) is 13.9. The summed E-state index contributed by atoms with van der Waals surface area (Å²) < 4.78 is 21.2. The molecular formula is C31H31FN6O2. The highest BCUT2D eigenvalue weighted by Gasteiger charge is 2.33. The number of aromatic nitrogens is 5. The fraction of sp³-hybridized carbons (Fsp3) is 0.290. The Morgan fingerprint density at radius 1 is 1.00 bits per heavy atom. The fourth-order valence-corrected chi connectivity index (χ4v) is 5.70. The summed E-state index contributed by atoms with van der Waals surface area (Å²) in [5.74, 6) is 1.03. The molecule has 2 aromatic heterocycles. The number of hydrogen-bond acceptors (Lipinski definition) is 6. The molecule has 0 aliphatic heterocycles. The van der Waals surface area contributed by atoms with E-state index in [1.165, 1.54) is 12.1 Å². The maximum absolute atomic E-state index is 13.8. The van der Waals surface area contributed by atoms with Crippen LogP contribution in [0.4, 0.5) is 4.39 Å². The predicted molar refractivity (Wildman–Crippen MR) is 150 cm³/mol. The first-order valence-corrected chi connectivity index (χ1v) is 13.6. The van der Waals surface area contributed by atoms with Crippen LogP contribution < -0.4 is 10.3 Å². The zero-order chi connectivity index (χ0) is 27.5. The van der Waals surface area contributed by atoms with Gasteiger partial charge in [-0.25, -0.2) is 9.07 Å². The second-order valence-corrected chi connectivity index (χ2v) is 10.3. The number of ether oxygens (including phenoxy) is 1. The van der Waals surface area contributed by atoms with Gasteiger partial charge in [0.15, 0.2) is 5.82 Å². The Labute approximate surface area is 231 Å². The molecule has 1 N–H and O–H groups in total. The molecule has 1 fully saturated rings. The third-order valence-electron chi connectivity index (χ3n) is 7.70. The second-order valence-electron chi connectivity index (χ2n) is 10.3. The quantitative estimate of drug-likeness (QED) is 0.264. The number of pyridine rings is 1. The van der Waals surface area contributed by atoms with Gasteiger partial charge in [-0.05, 0) is 70.8 Å². The van der Waals surface area contributed by atoms with Crippen molar-refractivity contribution in [2.75, 3.05) is 7.11 Å². The van der Waals surface area contributed by atoms with Crippen molar-refractivity contribution in [1.29, 1.82) is 0 Å². The van der Waals surface area contributed by atoms with Crippen LogP contribution in [0, 0.1) is 5.82 Å². The van der Waals surface area contributed by atoms with Gasteiger partial charge in [-0.2, -0.15) is 0 Å². The van der Waals surface area contributed by atoms with Gasteiger partial charge in [0.25, 0.3) is 5.56 Å². The Hall–Kier alpha value is -4.37. The van der Waals surface area contributed by atoms with Gasteiger partial charge in [0.05, 0.1) is 13.2 Å². The Kier molecular flexibility index (Phi) is 7.37. The molecule has 0 spiro atoms. The topological polar surface area (TPSA) is 88.9 Å². The zero-order valence-corrected chi connectivity index (χ0v) is 22.3. The number of fused-ring (bicyclic) bond motifs is 1. The van der Waals surface area contributed by atoms with E-state index in [2.05, 4.69) is 37.5 Å². The van der Waals surface area contributed by atoms with Crippen LogP contribution in [0.2, 0.25) is 0 Å². The number of aromatic amines is 1. The van der Waals surface area contributed by atoms with Gasteiger partial charge < -0.3 is 9.72 Å². The van der Waals surface area contributed by atoms with Crippen molar-refractivity contribution in [3.8, 4) is 5.75 Å². The molecule has 0 bridgehead atoms. The minimum absolute atomic E-state index is 0.177. The third kappa shape index (κ3) is 5.37. The van der Waals surface area contributed by atoms with Crippen molar-refractivity contribution < 1.29 is 9.13 Å². The predicted octanol–water partition coefficient (Wildman–Crippen LogP) is 5.57. The van der Waals surface area contributed by atoms with Crippen molar-refractivity contribution >= 4 is 10.9 Å². The standard InChI is InChI=1S/C31H31FN6O2/c1-40-26-15-16-28-23(17-26)18-27(31(39)33-28)29(30-34-35-36-38(30)25-9-5-6-10-25)37(19-21-7-3-2-4-8-21)20-22-11-13-24(32)14-12-22/h2-4,7-8,11-18,25,29H,5-6,9-10,19-20H2,1H3,(H,33,39). The Morgan fingerprint density at radius 2 is 1.73 bits per heavy atom. The second kappa shape index (κ2) is 11.4. The van der Waals surface area contributed by atoms with Crippen LogP contribution in [0.15, 0.2) is 83.7 Å². The van der Waals surface area contributed by atoms with E-state index in [1.807, 2.05) is 47.1 Å². The van der Waals surface area contributed by atoms with Gasteiger partial charge in [-0.15, -0.1) is 5.10 Å². The number of hydrogen-bond donors (Lipinski definition) is 1. The number of tetrazole rings is 1. The van der Waals surface area contributed by atoms with Crippen molar-refractivity contribution in [1.82, 2.24) is 30.1 Å². The number of rotatable bonds is 9. The van der Waals surface area contributed by atoms with Crippen molar-refractivity contribution in [2.24, 2.45) is 0 Å². The summed E-state index contributed by atoms with van der Waals surface area (Å²) in [7, 11) is 1.62. The first kappa shape index (κ1) is 25.9. The van der Waals surface area contributed by atoms with Gasteiger partial charge >= 0.3 is 0 Å². The molecule has 5 aromatic rings. The molecule has 1 aliphatic carbocycles. The summed E-state index contributed by atoms with van der Waals surface area (Å²) in [4.78, 5) is 19.0. The first-order chi connectivity index (χ1) is 19.6. The van der Waals surface area contributed by atoms with Gasteiger partial charge in [0.2, 0.25) is 0 Å². The van der Waals surface area contributed by atoms with E-state index in [-0.39, 0.29) is 17.4 Å². The van der Waals surface area contributed by atoms with Crippen LogP contribution in [-0.4, -0.2) is 37.2 Å². The SMILES string of the molecule is COc1ccc2[nH]c(=O)c(C(c3nnnn3C3CCCC3)N(Cc3ccccc3)Cc3ccc(F)cc3)cc2c1. The molecule has 2 heterocycles. The first-order valence-electron chi connectivity index (χ1n) is 13.6. The fourth-order valence-electron chi connectivity index (χ4n) is 5.70. The van der Waals surface area contributed by atoms with E-state index in [0.717, 1.165) is 47.7 Å². The van der Waals surface area contributed by atoms with Crippen molar-refractivity contribution in [2.45, 2.75) is 50.9 Å². The van der Waals surface area contributed by atoms with Crippen molar-refractivity contribution in [3.05, 3.63) is 118 Å². The van der Waals surface area contributed by atoms with Gasteiger partial charge in [0, 0.05) is 29.6 Å². The van der Waals surface area contributed by atoms with E-state index in [9.17, 15) is 9.18 Å². The molecule has 0 amide bonds. The van der Waals surface area contributed by atoms with E-state index < -0.39 is 6.04 Å². The average Bonchev–Trinajstić information content (AvgIpc) is 3.68. The molecule has 1 saturated carbocycles. The number of methoxy groups -OCH3 is 1. The van der Waals surface area contributed by atoms with Crippen LogP contribution in [0.1, 0.15) is 60.3 Å². The Bertz CT molecular complexity index is 1640. The van der Waals surface area contributed by atoms with Crippen LogP contribution in [0.3, 0.4) is 0 Å². The van der Waals surface area contributed by atoms with Crippen molar-refractivity contribution in [3.63, 3.8) is 0 Å². The largest absolute Gasteiger partial charge is 0.497 e. The molecule has 8 nitrogen and oxygen atoms in total. The maximum Gasteiger partial charge on any atom is 0.253 e. The summed E-state index contributed by atoms with van der Waals surface area (Å²) >= 11 is 0. The zero-order valence-electron chi connectivity index (χ0n) is 22.3. The number of nitrogens with one attached hydrogen (secondary N) is 1. The summed E-state index contributed by atoms with van der Waals surface area (Å²) in [5.41, 5.74) is 3.04. The lowest BCUT2D eigenvalue weighted by atomic mass is 10.0. The van der Waals surface area contributed by atoms with Gasteiger partial charge in [0.1, 0.15) is 17.6 Å². The Morgan fingerprint density at radius 3 is 2.45 bits per heavy atom.